The second kappa shape index (κ2) is 32.4. The van der Waals surface area contributed by atoms with Crippen molar-refractivity contribution in [2.75, 3.05) is 40.9 Å². The third-order valence-electron chi connectivity index (χ3n) is 9.36. The molecule has 3 N–H and O–H groups in total. The van der Waals surface area contributed by atoms with Gasteiger partial charge in [0, 0.05) is 6.42 Å². The van der Waals surface area contributed by atoms with E-state index in [1.54, 1.807) is 0 Å². The molecule has 0 saturated heterocycles. The van der Waals surface area contributed by atoms with Gasteiger partial charge in [-0.15, -0.1) is 0 Å². The van der Waals surface area contributed by atoms with Crippen molar-refractivity contribution < 1.29 is 32.9 Å². The molecule has 0 aliphatic heterocycles. The Hall–Kier alpha value is -0.500. The summed E-state index contributed by atoms with van der Waals surface area (Å²) in [5.41, 5.74) is 0. The molecule has 0 rings (SSSR count). The van der Waals surface area contributed by atoms with Crippen LogP contribution in [-0.4, -0.2) is 73.4 Å². The minimum atomic E-state index is -4.29. The molecule has 0 aromatic rings. The highest BCUT2D eigenvalue weighted by Crippen LogP contribution is 2.43. The number of rotatable bonds is 37. The molecule has 0 radical (unpaired) electrons. The molecule has 0 aliphatic rings. The summed E-state index contributed by atoms with van der Waals surface area (Å²) < 4.78 is 23.5. The Bertz CT molecular complexity index is 763. The Kier molecular flexibility index (Phi) is 32.1. The van der Waals surface area contributed by atoms with Crippen LogP contribution in [0.25, 0.3) is 0 Å². The maximum atomic E-state index is 12.7. The predicted molar refractivity (Wildman–Crippen MR) is 203 cm³/mol. The SMILES string of the molecule is CCCCCCCCCCCCCCCCCCCCCC(O)C(COP(=O)(O)OCC[N+](C)(C)C)NC(=O)CCCCCCCCC. The zero-order chi connectivity index (χ0) is 35.8. The van der Waals surface area contributed by atoms with E-state index < -0.39 is 20.0 Å². The summed E-state index contributed by atoms with van der Waals surface area (Å²) in [6.45, 7) is 4.85. The van der Waals surface area contributed by atoms with Gasteiger partial charge in [0.25, 0.3) is 0 Å². The van der Waals surface area contributed by atoms with Crippen molar-refractivity contribution in [3.05, 3.63) is 0 Å². The average molecular weight is 706 g/mol. The van der Waals surface area contributed by atoms with Gasteiger partial charge in [-0.2, -0.15) is 0 Å². The first kappa shape index (κ1) is 47.5. The molecule has 0 aromatic heterocycles. The van der Waals surface area contributed by atoms with Crippen LogP contribution < -0.4 is 5.32 Å². The number of quaternary nitrogens is 1. The second-order valence-corrected chi connectivity index (χ2v) is 16.8. The third-order valence-corrected chi connectivity index (χ3v) is 10.3. The molecule has 0 saturated carbocycles. The lowest BCUT2D eigenvalue weighted by Crippen LogP contribution is -2.46. The molecule has 3 atom stereocenters. The quantitative estimate of drug-likeness (QED) is 0.0338. The van der Waals surface area contributed by atoms with Crippen molar-refractivity contribution in [1.29, 1.82) is 0 Å². The van der Waals surface area contributed by atoms with Crippen LogP contribution in [0.3, 0.4) is 0 Å². The van der Waals surface area contributed by atoms with E-state index in [0.29, 0.717) is 23.9 Å². The number of carbonyl (C=O) groups excluding carboxylic acids is 1. The van der Waals surface area contributed by atoms with Gasteiger partial charge < -0.3 is 19.8 Å². The first-order valence-electron chi connectivity index (χ1n) is 20.4. The van der Waals surface area contributed by atoms with Crippen molar-refractivity contribution >= 4 is 13.7 Å². The van der Waals surface area contributed by atoms with Gasteiger partial charge in [0.15, 0.2) is 0 Å². The van der Waals surface area contributed by atoms with Crippen LogP contribution in [0, 0.1) is 0 Å². The van der Waals surface area contributed by atoms with E-state index in [9.17, 15) is 19.4 Å². The van der Waals surface area contributed by atoms with Crippen LogP contribution in [0.15, 0.2) is 0 Å². The molecule has 0 aliphatic carbocycles. The summed E-state index contributed by atoms with van der Waals surface area (Å²) in [7, 11) is 1.62. The standard InChI is InChI=1S/C39H81N2O6P/c1-6-8-10-12-14-15-16-17-18-19-20-21-22-23-24-25-27-28-30-32-38(42)37(36-47-48(44,45)46-35-34-41(3,4)5)40-39(43)33-31-29-26-13-11-9-7-2/h37-38,42H,6-36H2,1-5H3,(H-,40,43,44,45)/p+1. The number of aliphatic hydroxyl groups excluding tert-OH is 1. The molecular formula is C39H82N2O6P+. The lowest BCUT2D eigenvalue weighted by molar-refractivity contribution is -0.870. The van der Waals surface area contributed by atoms with Gasteiger partial charge in [0.1, 0.15) is 13.2 Å². The number of likely N-dealkylation sites (N-methyl/N-ethyl adjacent to an activating group) is 1. The number of amides is 1. The van der Waals surface area contributed by atoms with Gasteiger partial charge in [-0.1, -0.05) is 174 Å². The molecular weight excluding hydrogens is 623 g/mol. The fourth-order valence-corrected chi connectivity index (χ4v) is 6.78. The molecule has 3 unspecified atom stereocenters. The van der Waals surface area contributed by atoms with Crippen molar-refractivity contribution in [2.45, 2.75) is 206 Å². The van der Waals surface area contributed by atoms with Crippen molar-refractivity contribution in [3.63, 3.8) is 0 Å². The Morgan fingerprint density at radius 1 is 0.625 bits per heavy atom. The van der Waals surface area contributed by atoms with E-state index in [1.807, 2.05) is 21.1 Å². The van der Waals surface area contributed by atoms with Gasteiger partial charge in [-0.05, 0) is 12.8 Å². The first-order chi connectivity index (χ1) is 23.0. The number of phosphoric ester groups is 1. The van der Waals surface area contributed by atoms with Gasteiger partial charge >= 0.3 is 7.82 Å². The number of unbranched alkanes of at least 4 members (excludes halogenated alkanes) is 24. The highest BCUT2D eigenvalue weighted by atomic mass is 31.2. The molecule has 288 valence electrons. The minimum absolute atomic E-state index is 0.0778. The largest absolute Gasteiger partial charge is 0.472 e. The highest BCUT2D eigenvalue weighted by molar-refractivity contribution is 7.47. The number of nitrogens with one attached hydrogen (secondary N) is 1. The van der Waals surface area contributed by atoms with Crippen LogP contribution in [0.5, 0.6) is 0 Å². The van der Waals surface area contributed by atoms with Crippen LogP contribution >= 0.6 is 7.82 Å². The lowest BCUT2D eigenvalue weighted by Gasteiger charge is -2.26. The summed E-state index contributed by atoms with van der Waals surface area (Å²) in [4.78, 5) is 22.9. The lowest BCUT2D eigenvalue weighted by atomic mass is 10.0. The molecule has 1 amide bonds. The summed E-state index contributed by atoms with van der Waals surface area (Å²) in [5.74, 6) is -0.150. The van der Waals surface area contributed by atoms with Crippen LogP contribution in [0.1, 0.15) is 194 Å². The first-order valence-corrected chi connectivity index (χ1v) is 21.9. The van der Waals surface area contributed by atoms with Crippen LogP contribution in [-0.2, 0) is 18.4 Å². The van der Waals surface area contributed by atoms with Crippen molar-refractivity contribution in [2.24, 2.45) is 0 Å². The summed E-state index contributed by atoms with van der Waals surface area (Å²) >= 11 is 0. The number of hydrogen-bond acceptors (Lipinski definition) is 5. The van der Waals surface area contributed by atoms with Gasteiger partial charge in [0.05, 0.1) is 39.9 Å². The van der Waals surface area contributed by atoms with E-state index in [0.717, 1.165) is 38.5 Å². The predicted octanol–water partition coefficient (Wildman–Crippen LogP) is 10.6. The second-order valence-electron chi connectivity index (χ2n) is 15.4. The van der Waals surface area contributed by atoms with E-state index in [1.165, 1.54) is 128 Å². The molecule has 0 bridgehead atoms. The number of carbonyl (C=O) groups is 1. The molecule has 0 spiro atoms. The van der Waals surface area contributed by atoms with Crippen molar-refractivity contribution in [3.8, 4) is 0 Å². The molecule has 0 heterocycles. The minimum Gasteiger partial charge on any atom is -0.391 e. The van der Waals surface area contributed by atoms with Gasteiger partial charge in [0.2, 0.25) is 5.91 Å². The fraction of sp³-hybridized carbons (Fsp3) is 0.974. The van der Waals surface area contributed by atoms with E-state index >= 15 is 0 Å². The normalized spacial score (nSPS) is 14.6. The van der Waals surface area contributed by atoms with Gasteiger partial charge in [-0.25, -0.2) is 4.57 Å². The number of aliphatic hydroxyl groups is 1. The molecule has 48 heavy (non-hydrogen) atoms. The monoisotopic (exact) mass is 706 g/mol. The number of nitrogens with zero attached hydrogens (tertiary/aromatic N) is 1. The van der Waals surface area contributed by atoms with Crippen LogP contribution in [0.4, 0.5) is 0 Å². The summed E-state index contributed by atoms with van der Waals surface area (Å²) in [6.07, 6.45) is 32.8. The molecule has 8 nitrogen and oxygen atoms in total. The average Bonchev–Trinajstić information content (AvgIpc) is 3.02. The number of hydrogen-bond donors (Lipinski definition) is 3. The Labute approximate surface area is 298 Å². The zero-order valence-corrected chi connectivity index (χ0v) is 33.4. The smallest absolute Gasteiger partial charge is 0.391 e. The molecule has 9 heteroatoms. The maximum absolute atomic E-state index is 12.7. The van der Waals surface area contributed by atoms with Crippen LogP contribution in [0.2, 0.25) is 0 Å². The highest BCUT2D eigenvalue weighted by Gasteiger charge is 2.28. The maximum Gasteiger partial charge on any atom is 0.472 e. The van der Waals surface area contributed by atoms with E-state index in [2.05, 4.69) is 19.2 Å². The van der Waals surface area contributed by atoms with E-state index in [4.69, 9.17) is 9.05 Å². The fourth-order valence-electron chi connectivity index (χ4n) is 6.05. The van der Waals surface area contributed by atoms with E-state index in [-0.39, 0.29) is 19.1 Å². The summed E-state index contributed by atoms with van der Waals surface area (Å²) in [5, 5.41) is 13.9. The Balaban J connectivity index is 4.24. The zero-order valence-electron chi connectivity index (χ0n) is 32.5. The summed E-state index contributed by atoms with van der Waals surface area (Å²) in [6, 6.07) is -0.750. The molecule has 0 aromatic carbocycles. The topological polar surface area (TPSA) is 105 Å². The van der Waals surface area contributed by atoms with Gasteiger partial charge in [-0.3, -0.25) is 13.8 Å². The number of phosphoric acid groups is 1. The Morgan fingerprint density at radius 3 is 1.40 bits per heavy atom. The Morgan fingerprint density at radius 2 is 1.00 bits per heavy atom. The van der Waals surface area contributed by atoms with Crippen molar-refractivity contribution in [1.82, 2.24) is 5.32 Å². The molecule has 0 fully saturated rings. The third kappa shape index (κ3) is 34.0.